The number of aliphatic hydroxyl groups is 1. The average molecular weight is 710 g/mol. The van der Waals surface area contributed by atoms with Gasteiger partial charge in [-0.3, -0.25) is 9.59 Å². The Kier molecular flexibility index (Phi) is 39.7. The lowest BCUT2D eigenvalue weighted by Gasteiger charge is -2.21. The molecule has 50 heavy (non-hydrogen) atoms. The summed E-state index contributed by atoms with van der Waals surface area (Å²) in [5.41, 5.74) is 0. The zero-order valence-corrected chi connectivity index (χ0v) is 34.0. The van der Waals surface area contributed by atoms with Gasteiger partial charge in [-0.1, -0.05) is 175 Å². The normalized spacial score (nSPS) is 11.6. The van der Waals surface area contributed by atoms with Gasteiger partial charge in [-0.25, -0.2) is 0 Å². The fourth-order valence-corrected chi connectivity index (χ4v) is 6.91. The van der Waals surface area contributed by atoms with Crippen molar-refractivity contribution in [3.63, 3.8) is 0 Å². The molecule has 6 nitrogen and oxygen atoms in total. The summed E-state index contributed by atoms with van der Waals surface area (Å²) in [4.78, 5) is 27.3. The van der Waals surface area contributed by atoms with Crippen molar-refractivity contribution < 1.29 is 24.2 Å². The van der Waals surface area contributed by atoms with Gasteiger partial charge >= 0.3 is 11.9 Å². The first kappa shape index (κ1) is 48.9. The third-order valence-corrected chi connectivity index (χ3v) is 10.3. The highest BCUT2D eigenvalue weighted by Crippen LogP contribution is 2.21. The van der Waals surface area contributed by atoms with Crippen LogP contribution in [0.5, 0.6) is 0 Å². The lowest BCUT2D eigenvalue weighted by Crippen LogP contribution is -2.29. The summed E-state index contributed by atoms with van der Waals surface area (Å²) in [5, 5.41) is 9.54. The molecule has 0 bridgehead atoms. The van der Waals surface area contributed by atoms with Gasteiger partial charge in [0.15, 0.2) is 0 Å². The first-order chi connectivity index (χ1) is 24.6. The molecule has 0 atom stereocenters. The summed E-state index contributed by atoms with van der Waals surface area (Å²) in [7, 11) is 0. The Labute approximate surface area is 312 Å². The smallest absolute Gasteiger partial charge is 0.308 e. The van der Waals surface area contributed by atoms with Gasteiger partial charge in [0, 0.05) is 13.0 Å². The zero-order valence-electron chi connectivity index (χ0n) is 34.0. The number of aliphatic hydroxyl groups excluding tert-OH is 1. The largest absolute Gasteiger partial charge is 0.466 e. The fraction of sp³-hybridized carbons (Fsp3) is 0.955. The number of carbonyl (C=O) groups excluding carboxylic acids is 2. The zero-order chi connectivity index (χ0) is 36.6. The van der Waals surface area contributed by atoms with Crippen molar-refractivity contribution in [2.24, 2.45) is 5.92 Å². The number of rotatable bonds is 41. The fourth-order valence-electron chi connectivity index (χ4n) is 6.91. The molecular weight excluding hydrogens is 622 g/mol. The van der Waals surface area contributed by atoms with Crippen LogP contribution >= 0.6 is 0 Å². The van der Waals surface area contributed by atoms with E-state index in [-0.39, 0.29) is 24.5 Å². The van der Waals surface area contributed by atoms with Gasteiger partial charge in [-0.05, 0) is 58.0 Å². The van der Waals surface area contributed by atoms with Crippen LogP contribution in [0.15, 0.2) is 0 Å². The van der Waals surface area contributed by atoms with E-state index in [0.29, 0.717) is 19.6 Å². The molecule has 0 spiro atoms. The number of hydrogen-bond donors (Lipinski definition) is 1. The van der Waals surface area contributed by atoms with Gasteiger partial charge in [0.1, 0.15) is 0 Å². The van der Waals surface area contributed by atoms with Crippen LogP contribution < -0.4 is 0 Å². The van der Waals surface area contributed by atoms with E-state index in [1.54, 1.807) is 0 Å². The molecule has 0 aliphatic carbocycles. The molecule has 0 radical (unpaired) electrons. The summed E-state index contributed by atoms with van der Waals surface area (Å²) in [6.45, 7) is 10.9. The van der Waals surface area contributed by atoms with Gasteiger partial charge in [0.2, 0.25) is 0 Å². The van der Waals surface area contributed by atoms with Crippen molar-refractivity contribution in [2.45, 2.75) is 226 Å². The molecule has 0 aromatic rings. The van der Waals surface area contributed by atoms with E-state index in [0.717, 1.165) is 96.7 Å². The second kappa shape index (κ2) is 40.6. The molecule has 0 rings (SSSR count). The lowest BCUT2D eigenvalue weighted by atomic mass is 9.94. The van der Waals surface area contributed by atoms with E-state index >= 15 is 0 Å². The predicted molar refractivity (Wildman–Crippen MR) is 214 cm³/mol. The van der Waals surface area contributed by atoms with E-state index in [9.17, 15) is 14.7 Å². The molecule has 298 valence electrons. The molecule has 0 fully saturated rings. The van der Waals surface area contributed by atoms with Crippen molar-refractivity contribution in [2.75, 3.05) is 39.5 Å². The van der Waals surface area contributed by atoms with E-state index in [2.05, 4.69) is 25.7 Å². The van der Waals surface area contributed by atoms with Crippen LogP contribution in [-0.4, -0.2) is 61.4 Å². The summed E-state index contributed by atoms with van der Waals surface area (Å²) >= 11 is 0. The number of esters is 2. The van der Waals surface area contributed by atoms with Gasteiger partial charge in [0.25, 0.3) is 0 Å². The minimum atomic E-state index is -0.0250. The Hall–Kier alpha value is -1.14. The Bertz CT molecular complexity index is 686. The summed E-state index contributed by atoms with van der Waals surface area (Å²) < 4.78 is 11.2. The minimum Gasteiger partial charge on any atom is -0.466 e. The molecule has 0 heterocycles. The highest BCUT2D eigenvalue weighted by molar-refractivity contribution is 5.72. The SMILES string of the molecule is CCCCCCCCCC(=O)OCCCCCCCN(CCO)CCCCCCCOC(=O)C(CCCCCCCC)CCCCCCCC. The van der Waals surface area contributed by atoms with E-state index in [1.807, 2.05) is 0 Å². The molecule has 0 saturated heterocycles. The molecule has 0 aliphatic heterocycles. The molecular formula is C44H87NO5. The van der Waals surface area contributed by atoms with Crippen molar-refractivity contribution in [3.8, 4) is 0 Å². The first-order valence-corrected chi connectivity index (χ1v) is 22.2. The van der Waals surface area contributed by atoms with Crippen LogP contribution in [0.2, 0.25) is 0 Å². The second-order valence-electron chi connectivity index (χ2n) is 15.2. The third kappa shape index (κ3) is 35.3. The Morgan fingerprint density at radius 2 is 0.840 bits per heavy atom. The van der Waals surface area contributed by atoms with Crippen molar-refractivity contribution in [1.82, 2.24) is 4.90 Å². The molecule has 0 unspecified atom stereocenters. The molecule has 0 aromatic heterocycles. The van der Waals surface area contributed by atoms with Crippen LogP contribution in [-0.2, 0) is 19.1 Å². The molecule has 6 heteroatoms. The molecule has 1 N–H and O–H groups in total. The van der Waals surface area contributed by atoms with E-state index < -0.39 is 0 Å². The third-order valence-electron chi connectivity index (χ3n) is 10.3. The Morgan fingerprint density at radius 1 is 0.460 bits per heavy atom. The maximum Gasteiger partial charge on any atom is 0.308 e. The molecule has 0 saturated carbocycles. The van der Waals surface area contributed by atoms with Crippen LogP contribution in [0.4, 0.5) is 0 Å². The number of carbonyl (C=O) groups is 2. The molecule has 0 aliphatic rings. The van der Waals surface area contributed by atoms with Crippen molar-refractivity contribution in [1.29, 1.82) is 0 Å². The van der Waals surface area contributed by atoms with Crippen LogP contribution in [0.25, 0.3) is 0 Å². The van der Waals surface area contributed by atoms with Gasteiger partial charge in [-0.15, -0.1) is 0 Å². The average Bonchev–Trinajstić information content (AvgIpc) is 3.11. The van der Waals surface area contributed by atoms with Crippen LogP contribution in [0, 0.1) is 5.92 Å². The van der Waals surface area contributed by atoms with E-state index in [1.165, 1.54) is 122 Å². The molecule has 0 aromatic carbocycles. The standard InChI is InChI=1S/C44H87NO5/c1-4-7-10-13-16-21-28-35-43(47)49-40-31-24-17-22-29-36-45(38-39-46)37-30-23-18-25-32-41-50-44(48)42(33-26-19-14-11-8-5-2)34-27-20-15-12-9-6-3/h42,46H,4-41H2,1-3H3. The summed E-state index contributed by atoms with van der Waals surface area (Å²) in [6, 6.07) is 0. The van der Waals surface area contributed by atoms with Gasteiger partial charge in [0.05, 0.1) is 25.7 Å². The van der Waals surface area contributed by atoms with Gasteiger partial charge < -0.3 is 19.5 Å². The highest BCUT2D eigenvalue weighted by atomic mass is 16.5. The topological polar surface area (TPSA) is 76.1 Å². The van der Waals surface area contributed by atoms with Crippen molar-refractivity contribution in [3.05, 3.63) is 0 Å². The number of nitrogens with zero attached hydrogens (tertiary/aromatic N) is 1. The van der Waals surface area contributed by atoms with E-state index in [4.69, 9.17) is 9.47 Å². The number of unbranched alkanes of at least 4 members (excludes halogenated alkanes) is 24. The summed E-state index contributed by atoms with van der Waals surface area (Å²) in [5.74, 6) is 0.131. The lowest BCUT2D eigenvalue weighted by molar-refractivity contribution is -0.149. The van der Waals surface area contributed by atoms with Crippen LogP contribution in [0.1, 0.15) is 226 Å². The summed E-state index contributed by atoms with van der Waals surface area (Å²) in [6.07, 6.45) is 37.6. The monoisotopic (exact) mass is 710 g/mol. The number of hydrogen-bond acceptors (Lipinski definition) is 6. The maximum absolute atomic E-state index is 12.9. The quantitative estimate of drug-likeness (QED) is 0.0503. The second-order valence-corrected chi connectivity index (χ2v) is 15.2. The Morgan fingerprint density at radius 3 is 1.30 bits per heavy atom. The first-order valence-electron chi connectivity index (χ1n) is 22.2. The van der Waals surface area contributed by atoms with Gasteiger partial charge in [-0.2, -0.15) is 0 Å². The maximum atomic E-state index is 12.9. The Balaban J connectivity index is 3.93. The molecule has 0 amide bonds. The van der Waals surface area contributed by atoms with Crippen molar-refractivity contribution >= 4 is 11.9 Å². The minimum absolute atomic E-state index is 0.0250. The number of ether oxygens (including phenoxy) is 2. The highest BCUT2D eigenvalue weighted by Gasteiger charge is 2.19. The van der Waals surface area contributed by atoms with Crippen LogP contribution in [0.3, 0.4) is 0 Å². The predicted octanol–water partition coefficient (Wildman–Crippen LogP) is 12.5.